The molecule has 0 spiro atoms. The fourth-order valence-corrected chi connectivity index (χ4v) is 3.18. The van der Waals surface area contributed by atoms with E-state index in [1.165, 1.54) is 0 Å². The van der Waals surface area contributed by atoms with Gasteiger partial charge in [0.1, 0.15) is 6.61 Å². The van der Waals surface area contributed by atoms with Crippen molar-refractivity contribution < 1.29 is 14.3 Å². The number of esters is 1. The Kier molecular flexibility index (Phi) is 5.52. The van der Waals surface area contributed by atoms with Gasteiger partial charge in [-0.25, -0.2) is 4.79 Å². The molecule has 148 valence electrons. The number of rotatable bonds is 5. The molecule has 0 aliphatic heterocycles. The number of fused-ring (bicyclic) bond motifs is 1. The lowest BCUT2D eigenvalue weighted by Crippen LogP contribution is -2.12. The number of anilines is 1. The smallest absolute Gasteiger partial charge is 0.339 e. The molecule has 0 fully saturated rings. The molecule has 5 nitrogen and oxygen atoms in total. The number of aromatic nitrogens is 1. The van der Waals surface area contributed by atoms with Crippen LogP contribution in [0.1, 0.15) is 32.0 Å². The van der Waals surface area contributed by atoms with Gasteiger partial charge in [-0.2, -0.15) is 0 Å². The summed E-state index contributed by atoms with van der Waals surface area (Å²) in [6.45, 7) is 1.97. The first-order chi connectivity index (χ1) is 14.6. The van der Waals surface area contributed by atoms with Crippen molar-refractivity contribution in [3.05, 3.63) is 107 Å². The lowest BCUT2D eigenvalue weighted by atomic mass is 10.1. The van der Waals surface area contributed by atoms with E-state index in [1.54, 1.807) is 30.3 Å². The quantitative estimate of drug-likeness (QED) is 0.474. The molecule has 1 heterocycles. The molecule has 0 atom stereocenters. The number of hydrogen-bond acceptors (Lipinski definition) is 4. The number of pyridine rings is 1. The van der Waals surface area contributed by atoms with Crippen molar-refractivity contribution >= 4 is 28.5 Å². The molecule has 0 unspecified atom stereocenters. The summed E-state index contributed by atoms with van der Waals surface area (Å²) in [6, 6.07) is 25.5. The van der Waals surface area contributed by atoms with Crippen LogP contribution in [0.5, 0.6) is 0 Å². The normalized spacial score (nSPS) is 10.6. The maximum atomic E-state index is 12.6. The van der Waals surface area contributed by atoms with Crippen molar-refractivity contribution in [2.24, 2.45) is 0 Å². The van der Waals surface area contributed by atoms with Gasteiger partial charge in [0.2, 0.25) is 0 Å². The summed E-state index contributed by atoms with van der Waals surface area (Å²) in [4.78, 5) is 29.4. The Labute approximate surface area is 174 Å². The highest BCUT2D eigenvalue weighted by atomic mass is 16.5. The minimum absolute atomic E-state index is 0.120. The maximum Gasteiger partial charge on any atom is 0.339 e. The van der Waals surface area contributed by atoms with E-state index < -0.39 is 5.97 Å². The molecule has 0 saturated heterocycles. The van der Waals surface area contributed by atoms with E-state index in [4.69, 9.17) is 4.74 Å². The summed E-state index contributed by atoms with van der Waals surface area (Å²) in [6.07, 6.45) is 0. The summed E-state index contributed by atoms with van der Waals surface area (Å²) in [5.74, 6) is -0.592. The van der Waals surface area contributed by atoms with Gasteiger partial charge in [0, 0.05) is 22.3 Å². The Morgan fingerprint density at radius 1 is 0.900 bits per heavy atom. The van der Waals surface area contributed by atoms with E-state index in [0.717, 1.165) is 27.8 Å². The van der Waals surface area contributed by atoms with Crippen LogP contribution in [0.2, 0.25) is 0 Å². The van der Waals surface area contributed by atoms with Crippen molar-refractivity contribution in [1.29, 1.82) is 0 Å². The zero-order valence-corrected chi connectivity index (χ0v) is 16.5. The van der Waals surface area contributed by atoms with Gasteiger partial charge in [0.25, 0.3) is 5.91 Å². The predicted molar refractivity (Wildman–Crippen MR) is 116 cm³/mol. The molecule has 0 bridgehead atoms. The summed E-state index contributed by atoms with van der Waals surface area (Å²) in [5, 5.41) is 3.61. The lowest BCUT2D eigenvalue weighted by Gasteiger charge is -2.09. The standard InChI is InChI=1S/C25H20N2O3/c1-17-15-22(21-9-5-6-10-23(21)26-17)25(29)30-16-18-11-13-19(14-12-18)24(28)27-20-7-3-2-4-8-20/h2-15H,16H2,1H3,(H,27,28). The molecular formula is C25H20N2O3. The third-order valence-corrected chi connectivity index (χ3v) is 4.68. The molecule has 1 N–H and O–H groups in total. The maximum absolute atomic E-state index is 12.6. The highest BCUT2D eigenvalue weighted by Gasteiger charge is 2.14. The van der Waals surface area contributed by atoms with E-state index >= 15 is 0 Å². The summed E-state index contributed by atoms with van der Waals surface area (Å²) in [7, 11) is 0. The van der Waals surface area contributed by atoms with Crippen LogP contribution >= 0.6 is 0 Å². The molecule has 0 radical (unpaired) electrons. The fraction of sp³-hybridized carbons (Fsp3) is 0.0800. The number of benzene rings is 3. The van der Waals surface area contributed by atoms with Crippen LogP contribution in [0.25, 0.3) is 10.9 Å². The van der Waals surface area contributed by atoms with Crippen LogP contribution in [0, 0.1) is 6.92 Å². The molecular weight excluding hydrogens is 376 g/mol. The van der Waals surface area contributed by atoms with Gasteiger partial charge in [0.05, 0.1) is 11.1 Å². The minimum atomic E-state index is -0.400. The third kappa shape index (κ3) is 4.36. The molecule has 4 aromatic rings. The van der Waals surface area contributed by atoms with Crippen LogP contribution in [0.15, 0.2) is 84.9 Å². The number of amides is 1. The Balaban J connectivity index is 1.42. The molecule has 0 aliphatic carbocycles. The number of nitrogens with one attached hydrogen (secondary N) is 1. The van der Waals surface area contributed by atoms with Crippen molar-refractivity contribution in [3.8, 4) is 0 Å². The first-order valence-electron chi connectivity index (χ1n) is 9.59. The van der Waals surface area contributed by atoms with E-state index in [9.17, 15) is 9.59 Å². The molecule has 1 aromatic heterocycles. The molecule has 4 rings (SSSR count). The molecule has 30 heavy (non-hydrogen) atoms. The van der Waals surface area contributed by atoms with Gasteiger partial charge in [-0.15, -0.1) is 0 Å². The molecule has 0 saturated carbocycles. The van der Waals surface area contributed by atoms with E-state index in [0.29, 0.717) is 11.1 Å². The first kappa shape index (κ1) is 19.3. The highest BCUT2D eigenvalue weighted by Crippen LogP contribution is 2.20. The fourth-order valence-electron chi connectivity index (χ4n) is 3.18. The van der Waals surface area contributed by atoms with Crippen molar-refractivity contribution in [1.82, 2.24) is 4.98 Å². The van der Waals surface area contributed by atoms with Crippen LogP contribution in [-0.4, -0.2) is 16.9 Å². The van der Waals surface area contributed by atoms with Gasteiger partial charge in [-0.3, -0.25) is 9.78 Å². The predicted octanol–water partition coefficient (Wildman–Crippen LogP) is 5.15. The molecule has 3 aromatic carbocycles. The Bertz CT molecular complexity index is 1200. The number of ether oxygens (including phenoxy) is 1. The van der Waals surface area contributed by atoms with Gasteiger partial charge < -0.3 is 10.1 Å². The first-order valence-corrected chi connectivity index (χ1v) is 9.59. The molecule has 0 aliphatic rings. The third-order valence-electron chi connectivity index (χ3n) is 4.68. The second-order valence-electron chi connectivity index (χ2n) is 6.92. The van der Waals surface area contributed by atoms with Gasteiger partial charge in [-0.1, -0.05) is 48.5 Å². The number of carbonyl (C=O) groups is 2. The molecule has 1 amide bonds. The summed E-state index contributed by atoms with van der Waals surface area (Å²) >= 11 is 0. The second-order valence-corrected chi connectivity index (χ2v) is 6.92. The van der Waals surface area contributed by atoms with E-state index in [-0.39, 0.29) is 12.5 Å². The van der Waals surface area contributed by atoms with E-state index in [2.05, 4.69) is 10.3 Å². The van der Waals surface area contributed by atoms with Gasteiger partial charge >= 0.3 is 5.97 Å². The van der Waals surface area contributed by atoms with Crippen LogP contribution in [0.4, 0.5) is 5.69 Å². The Morgan fingerprint density at radius 3 is 2.37 bits per heavy atom. The van der Waals surface area contributed by atoms with Crippen LogP contribution in [0.3, 0.4) is 0 Å². The summed E-state index contributed by atoms with van der Waals surface area (Å²) < 4.78 is 5.51. The lowest BCUT2D eigenvalue weighted by molar-refractivity contribution is 0.0474. The Morgan fingerprint density at radius 2 is 1.60 bits per heavy atom. The highest BCUT2D eigenvalue weighted by molar-refractivity contribution is 6.04. The monoisotopic (exact) mass is 396 g/mol. The topological polar surface area (TPSA) is 68.3 Å². The number of carbonyl (C=O) groups excluding carboxylic acids is 2. The van der Waals surface area contributed by atoms with Crippen molar-refractivity contribution in [2.45, 2.75) is 13.5 Å². The van der Waals surface area contributed by atoms with E-state index in [1.807, 2.05) is 61.5 Å². The largest absolute Gasteiger partial charge is 0.457 e. The van der Waals surface area contributed by atoms with Crippen LogP contribution in [-0.2, 0) is 11.3 Å². The van der Waals surface area contributed by atoms with Crippen molar-refractivity contribution in [3.63, 3.8) is 0 Å². The minimum Gasteiger partial charge on any atom is -0.457 e. The number of aryl methyl sites for hydroxylation is 1. The number of hydrogen-bond donors (Lipinski definition) is 1. The zero-order valence-electron chi connectivity index (χ0n) is 16.5. The van der Waals surface area contributed by atoms with Crippen molar-refractivity contribution in [2.75, 3.05) is 5.32 Å². The number of para-hydroxylation sites is 2. The van der Waals surface area contributed by atoms with Crippen LogP contribution < -0.4 is 5.32 Å². The zero-order chi connectivity index (χ0) is 20.9. The number of nitrogens with zero attached hydrogens (tertiary/aromatic N) is 1. The SMILES string of the molecule is Cc1cc(C(=O)OCc2ccc(C(=O)Nc3ccccc3)cc2)c2ccccc2n1. The van der Waals surface area contributed by atoms with Gasteiger partial charge in [-0.05, 0) is 48.9 Å². The Hall–Kier alpha value is -3.99. The average molecular weight is 396 g/mol. The van der Waals surface area contributed by atoms with Gasteiger partial charge in [0.15, 0.2) is 0 Å². The average Bonchev–Trinajstić information content (AvgIpc) is 2.78. The summed E-state index contributed by atoms with van der Waals surface area (Å²) in [5.41, 5.74) is 4.09. The molecule has 5 heteroatoms. The second kappa shape index (κ2) is 8.57.